The lowest BCUT2D eigenvalue weighted by molar-refractivity contribution is 0.161. The van der Waals surface area contributed by atoms with Crippen LogP contribution in [0.15, 0.2) is 0 Å². The van der Waals surface area contributed by atoms with Crippen molar-refractivity contribution in [2.24, 2.45) is 10.8 Å². The summed E-state index contributed by atoms with van der Waals surface area (Å²) >= 11 is 5.78. The Morgan fingerprint density at radius 1 is 1.00 bits per heavy atom. The van der Waals surface area contributed by atoms with Crippen LogP contribution in [0.2, 0.25) is 0 Å². The van der Waals surface area contributed by atoms with Gasteiger partial charge in [-0.05, 0) is 10.8 Å². The van der Waals surface area contributed by atoms with Crippen LogP contribution in [0.4, 0.5) is 0 Å². The second-order valence-electron chi connectivity index (χ2n) is 4.27. The van der Waals surface area contributed by atoms with E-state index in [1.165, 1.54) is 0 Å². The Morgan fingerprint density at radius 2 is 1.33 bits per heavy atom. The van der Waals surface area contributed by atoms with Crippen molar-refractivity contribution in [1.29, 1.82) is 0 Å². The van der Waals surface area contributed by atoms with E-state index >= 15 is 0 Å². The molecule has 0 fully saturated rings. The highest BCUT2D eigenvalue weighted by atomic mass is 35.5. The number of rotatable bonds is 1. The smallest absolute Gasteiger partial charge is 0.0279 e. The van der Waals surface area contributed by atoms with Gasteiger partial charge in [-0.1, -0.05) is 34.6 Å². The van der Waals surface area contributed by atoms with Crippen molar-refractivity contribution in [3.05, 3.63) is 0 Å². The van der Waals surface area contributed by atoms with E-state index in [9.17, 15) is 0 Å². The summed E-state index contributed by atoms with van der Waals surface area (Å²) in [4.78, 5) is 0. The fourth-order valence-corrected chi connectivity index (χ4v) is 0.601. The third-order valence-electron chi connectivity index (χ3n) is 2.36. The molecule has 9 heavy (non-hydrogen) atoms. The number of hydrogen-bond donors (Lipinski definition) is 0. The van der Waals surface area contributed by atoms with E-state index in [1.54, 1.807) is 0 Å². The Bertz CT molecular complexity index is 87.2. The lowest BCUT2D eigenvalue weighted by atomic mass is 9.71. The number of halogens is 1. The molecule has 0 saturated heterocycles. The number of alkyl halides is 1. The van der Waals surface area contributed by atoms with Gasteiger partial charge in [-0.2, -0.15) is 0 Å². The third kappa shape index (κ3) is 2.17. The minimum absolute atomic E-state index is 0.245. The maximum atomic E-state index is 5.78. The molecule has 0 aliphatic carbocycles. The minimum Gasteiger partial charge on any atom is -0.126 e. The molecular formula is C8H17Cl. The van der Waals surface area contributed by atoms with E-state index in [0.29, 0.717) is 5.41 Å². The van der Waals surface area contributed by atoms with Crippen molar-refractivity contribution in [3.63, 3.8) is 0 Å². The molecule has 0 aliphatic rings. The molecule has 0 aliphatic heterocycles. The Labute approximate surface area is 63.6 Å². The molecule has 0 aromatic rings. The molecule has 0 spiro atoms. The first-order valence-electron chi connectivity index (χ1n) is 3.37. The summed E-state index contributed by atoms with van der Waals surface area (Å²) in [6, 6.07) is 0. The quantitative estimate of drug-likeness (QED) is 0.501. The van der Waals surface area contributed by atoms with E-state index in [0.717, 1.165) is 5.88 Å². The monoisotopic (exact) mass is 148 g/mol. The SMILES string of the molecule is CC(C)(C)C(C)(C)CCl. The summed E-state index contributed by atoms with van der Waals surface area (Å²) in [7, 11) is 0. The highest BCUT2D eigenvalue weighted by Gasteiger charge is 2.31. The zero-order valence-corrected chi connectivity index (χ0v) is 7.84. The topological polar surface area (TPSA) is 0 Å². The first-order valence-corrected chi connectivity index (χ1v) is 3.91. The van der Waals surface area contributed by atoms with Crippen LogP contribution < -0.4 is 0 Å². The van der Waals surface area contributed by atoms with E-state index in [1.807, 2.05) is 0 Å². The molecule has 0 heterocycles. The van der Waals surface area contributed by atoms with E-state index < -0.39 is 0 Å². The van der Waals surface area contributed by atoms with Crippen LogP contribution >= 0.6 is 11.6 Å². The summed E-state index contributed by atoms with van der Waals surface area (Å²) in [5.41, 5.74) is 0.559. The zero-order valence-electron chi connectivity index (χ0n) is 7.09. The minimum atomic E-state index is 0.245. The third-order valence-corrected chi connectivity index (χ3v) is 3.03. The molecule has 0 nitrogen and oxygen atoms in total. The van der Waals surface area contributed by atoms with E-state index in [-0.39, 0.29) is 5.41 Å². The van der Waals surface area contributed by atoms with E-state index in [2.05, 4.69) is 34.6 Å². The van der Waals surface area contributed by atoms with Crippen molar-refractivity contribution in [2.75, 3.05) is 5.88 Å². The summed E-state index contributed by atoms with van der Waals surface area (Å²) in [5, 5.41) is 0. The van der Waals surface area contributed by atoms with Gasteiger partial charge in [0.25, 0.3) is 0 Å². The highest BCUT2D eigenvalue weighted by molar-refractivity contribution is 6.18. The fourth-order valence-electron chi connectivity index (χ4n) is 0.200. The predicted molar refractivity (Wildman–Crippen MR) is 44.0 cm³/mol. The van der Waals surface area contributed by atoms with Crippen molar-refractivity contribution < 1.29 is 0 Å². The zero-order chi connectivity index (χ0) is 7.71. The lowest BCUT2D eigenvalue weighted by Gasteiger charge is -2.36. The molecule has 0 saturated carbocycles. The maximum absolute atomic E-state index is 5.78. The first kappa shape index (κ1) is 9.29. The van der Waals surface area contributed by atoms with Gasteiger partial charge in [0.2, 0.25) is 0 Å². The van der Waals surface area contributed by atoms with Crippen LogP contribution in [0.1, 0.15) is 34.6 Å². The molecule has 56 valence electrons. The molecular weight excluding hydrogens is 132 g/mol. The van der Waals surface area contributed by atoms with Crippen LogP contribution in [-0.2, 0) is 0 Å². The summed E-state index contributed by atoms with van der Waals surface area (Å²) in [6.45, 7) is 11.0. The second-order valence-corrected chi connectivity index (χ2v) is 4.53. The van der Waals surface area contributed by atoms with Crippen LogP contribution in [-0.4, -0.2) is 5.88 Å². The van der Waals surface area contributed by atoms with Gasteiger partial charge in [0.1, 0.15) is 0 Å². The highest BCUT2D eigenvalue weighted by Crippen LogP contribution is 2.38. The maximum Gasteiger partial charge on any atom is 0.0279 e. The van der Waals surface area contributed by atoms with Gasteiger partial charge in [-0.25, -0.2) is 0 Å². The van der Waals surface area contributed by atoms with Gasteiger partial charge in [-0.3, -0.25) is 0 Å². The molecule has 0 radical (unpaired) electrons. The summed E-state index contributed by atoms with van der Waals surface area (Å²) in [6.07, 6.45) is 0. The average molecular weight is 149 g/mol. The van der Waals surface area contributed by atoms with Crippen LogP contribution in [0.3, 0.4) is 0 Å². The molecule has 0 rings (SSSR count). The van der Waals surface area contributed by atoms with Crippen molar-refractivity contribution >= 4 is 11.6 Å². The fraction of sp³-hybridized carbons (Fsp3) is 1.00. The van der Waals surface area contributed by atoms with Gasteiger partial charge < -0.3 is 0 Å². The summed E-state index contributed by atoms with van der Waals surface area (Å²) in [5.74, 6) is 0.733. The molecule has 1 heteroatoms. The van der Waals surface area contributed by atoms with Crippen LogP contribution in [0, 0.1) is 10.8 Å². The molecule has 0 aromatic carbocycles. The molecule has 0 aromatic heterocycles. The molecule has 0 atom stereocenters. The van der Waals surface area contributed by atoms with Gasteiger partial charge in [0.15, 0.2) is 0 Å². The van der Waals surface area contributed by atoms with Crippen LogP contribution in [0.25, 0.3) is 0 Å². The first-order chi connectivity index (χ1) is 3.81. The molecule has 0 unspecified atom stereocenters. The average Bonchev–Trinajstić information content (AvgIpc) is 1.64. The van der Waals surface area contributed by atoms with Gasteiger partial charge >= 0.3 is 0 Å². The Morgan fingerprint density at radius 3 is 1.33 bits per heavy atom. The lowest BCUT2D eigenvalue weighted by Crippen LogP contribution is -2.30. The Kier molecular flexibility index (Phi) is 2.57. The molecule has 0 bridgehead atoms. The Balaban J connectivity index is 4.14. The molecule has 0 amide bonds. The standard InChI is InChI=1S/C8H17Cl/c1-7(2,3)8(4,5)6-9/h6H2,1-5H3. The van der Waals surface area contributed by atoms with Crippen molar-refractivity contribution in [2.45, 2.75) is 34.6 Å². The van der Waals surface area contributed by atoms with E-state index in [4.69, 9.17) is 11.6 Å². The summed E-state index contributed by atoms with van der Waals surface area (Å²) < 4.78 is 0. The normalized spacial score (nSPS) is 14.0. The van der Waals surface area contributed by atoms with Crippen molar-refractivity contribution in [1.82, 2.24) is 0 Å². The predicted octanol–water partition coefficient (Wildman–Crippen LogP) is 3.30. The second kappa shape index (κ2) is 2.49. The van der Waals surface area contributed by atoms with Gasteiger partial charge in [0, 0.05) is 5.88 Å². The molecule has 0 N–H and O–H groups in total. The van der Waals surface area contributed by atoms with Gasteiger partial charge in [0.05, 0.1) is 0 Å². The largest absolute Gasteiger partial charge is 0.126 e. The number of hydrogen-bond acceptors (Lipinski definition) is 0. The Hall–Kier alpha value is 0.290. The van der Waals surface area contributed by atoms with Gasteiger partial charge in [-0.15, -0.1) is 11.6 Å². The van der Waals surface area contributed by atoms with Crippen LogP contribution in [0.5, 0.6) is 0 Å². The van der Waals surface area contributed by atoms with Crippen molar-refractivity contribution in [3.8, 4) is 0 Å².